The number of ether oxygens (including phenoxy) is 2. The molecule has 0 radical (unpaired) electrons. The van der Waals surface area contributed by atoms with E-state index in [4.69, 9.17) is 9.47 Å². The third-order valence-electron chi connectivity index (χ3n) is 5.51. The van der Waals surface area contributed by atoms with E-state index in [9.17, 15) is 4.79 Å². The second-order valence-corrected chi connectivity index (χ2v) is 9.35. The van der Waals surface area contributed by atoms with E-state index in [0.717, 1.165) is 31.0 Å². The molecule has 1 saturated heterocycles. The predicted octanol–water partition coefficient (Wildman–Crippen LogP) is 5.36. The standard InChI is InChI=1S/C25H42N2O3/c1-6-30-25(18-20(2)3,19-21(4)5)24(28)26-22-10-12-23(13-11-22)29-17-9-16-27-14-7-8-15-27/h10-13,20-21H,6-9,14-19H2,1-5H3,(H,26,28). The fraction of sp³-hybridized carbons (Fsp3) is 0.720. The summed E-state index contributed by atoms with van der Waals surface area (Å²) in [4.78, 5) is 15.7. The first-order valence-electron chi connectivity index (χ1n) is 11.7. The van der Waals surface area contributed by atoms with Crippen molar-refractivity contribution >= 4 is 11.6 Å². The molecule has 1 fully saturated rings. The lowest BCUT2D eigenvalue weighted by molar-refractivity contribution is -0.146. The summed E-state index contributed by atoms with van der Waals surface area (Å²) in [6.07, 6.45) is 5.12. The number of likely N-dealkylation sites (tertiary alicyclic amines) is 1. The summed E-state index contributed by atoms with van der Waals surface area (Å²) in [6.45, 7) is 15.3. The van der Waals surface area contributed by atoms with Gasteiger partial charge in [-0.25, -0.2) is 0 Å². The van der Waals surface area contributed by atoms with Gasteiger partial charge in [0.25, 0.3) is 5.91 Å². The molecule has 1 aliphatic rings. The molecular weight excluding hydrogens is 376 g/mol. The minimum atomic E-state index is -0.790. The van der Waals surface area contributed by atoms with Gasteiger partial charge >= 0.3 is 0 Å². The quantitative estimate of drug-likeness (QED) is 0.438. The Bertz CT molecular complexity index is 612. The number of rotatable bonds is 13. The summed E-state index contributed by atoms with van der Waals surface area (Å²) < 4.78 is 11.9. The van der Waals surface area contributed by atoms with Crippen molar-refractivity contribution in [2.75, 3.05) is 38.2 Å². The van der Waals surface area contributed by atoms with E-state index in [1.165, 1.54) is 25.9 Å². The molecule has 1 aromatic rings. The molecule has 0 aromatic heterocycles. The molecule has 1 aromatic carbocycles. The molecule has 1 heterocycles. The van der Waals surface area contributed by atoms with E-state index in [2.05, 4.69) is 37.9 Å². The van der Waals surface area contributed by atoms with Crippen LogP contribution in [0.2, 0.25) is 0 Å². The van der Waals surface area contributed by atoms with E-state index in [-0.39, 0.29) is 5.91 Å². The molecule has 0 aliphatic carbocycles. The maximum atomic E-state index is 13.2. The number of anilines is 1. The molecule has 0 bridgehead atoms. The van der Waals surface area contributed by atoms with Gasteiger partial charge in [-0.1, -0.05) is 27.7 Å². The first kappa shape index (κ1) is 24.7. The Morgan fingerprint density at radius 3 is 2.20 bits per heavy atom. The number of hydrogen-bond acceptors (Lipinski definition) is 4. The Hall–Kier alpha value is -1.59. The molecule has 0 saturated carbocycles. The molecule has 1 aliphatic heterocycles. The number of amides is 1. The Balaban J connectivity index is 1.91. The van der Waals surface area contributed by atoms with Gasteiger partial charge in [0, 0.05) is 18.8 Å². The highest BCUT2D eigenvalue weighted by Crippen LogP contribution is 2.31. The van der Waals surface area contributed by atoms with Gasteiger partial charge in [-0.3, -0.25) is 4.79 Å². The summed E-state index contributed by atoms with van der Waals surface area (Å²) in [7, 11) is 0. The van der Waals surface area contributed by atoms with Crippen LogP contribution in [-0.4, -0.2) is 49.3 Å². The van der Waals surface area contributed by atoms with Crippen molar-refractivity contribution in [3.05, 3.63) is 24.3 Å². The molecule has 2 rings (SSSR count). The van der Waals surface area contributed by atoms with Crippen molar-refractivity contribution in [3.63, 3.8) is 0 Å². The molecule has 170 valence electrons. The number of carbonyl (C=O) groups excluding carboxylic acids is 1. The Kier molecular flexibility index (Phi) is 10.1. The van der Waals surface area contributed by atoms with Crippen LogP contribution in [0.15, 0.2) is 24.3 Å². The summed E-state index contributed by atoms with van der Waals surface area (Å²) in [5.74, 6) is 1.54. The van der Waals surface area contributed by atoms with Gasteiger partial charge < -0.3 is 19.7 Å². The normalized spacial score (nSPS) is 15.2. The largest absolute Gasteiger partial charge is 0.494 e. The van der Waals surface area contributed by atoms with Crippen LogP contribution in [-0.2, 0) is 9.53 Å². The zero-order chi connectivity index (χ0) is 22.0. The second kappa shape index (κ2) is 12.3. The zero-order valence-corrected chi connectivity index (χ0v) is 19.7. The van der Waals surface area contributed by atoms with E-state index in [1.54, 1.807) is 0 Å². The van der Waals surface area contributed by atoms with E-state index in [0.29, 0.717) is 31.3 Å². The van der Waals surface area contributed by atoms with Crippen molar-refractivity contribution < 1.29 is 14.3 Å². The van der Waals surface area contributed by atoms with E-state index < -0.39 is 5.60 Å². The van der Waals surface area contributed by atoms with Gasteiger partial charge in [-0.15, -0.1) is 0 Å². The molecule has 1 N–H and O–H groups in total. The van der Waals surface area contributed by atoms with Crippen molar-refractivity contribution in [1.82, 2.24) is 4.90 Å². The molecule has 0 unspecified atom stereocenters. The highest BCUT2D eigenvalue weighted by Gasteiger charge is 2.40. The van der Waals surface area contributed by atoms with Crippen LogP contribution in [0.4, 0.5) is 5.69 Å². The van der Waals surface area contributed by atoms with Crippen LogP contribution in [0.3, 0.4) is 0 Å². The number of nitrogens with one attached hydrogen (secondary N) is 1. The van der Waals surface area contributed by atoms with Crippen molar-refractivity contribution in [2.24, 2.45) is 11.8 Å². The summed E-state index contributed by atoms with van der Waals surface area (Å²) in [6, 6.07) is 7.68. The van der Waals surface area contributed by atoms with E-state index in [1.807, 2.05) is 31.2 Å². The van der Waals surface area contributed by atoms with Crippen molar-refractivity contribution in [2.45, 2.75) is 72.3 Å². The Labute approximate surface area is 183 Å². The Morgan fingerprint density at radius 1 is 1.07 bits per heavy atom. The van der Waals surface area contributed by atoms with Crippen LogP contribution >= 0.6 is 0 Å². The van der Waals surface area contributed by atoms with E-state index >= 15 is 0 Å². The van der Waals surface area contributed by atoms with Crippen LogP contribution in [0, 0.1) is 11.8 Å². The van der Waals surface area contributed by atoms with Crippen LogP contribution in [0.1, 0.15) is 66.7 Å². The molecule has 5 heteroatoms. The first-order valence-corrected chi connectivity index (χ1v) is 11.7. The average Bonchev–Trinajstić information content (AvgIpc) is 3.19. The summed E-state index contributed by atoms with van der Waals surface area (Å²) in [5, 5.41) is 3.08. The summed E-state index contributed by atoms with van der Waals surface area (Å²) >= 11 is 0. The molecule has 30 heavy (non-hydrogen) atoms. The predicted molar refractivity (Wildman–Crippen MR) is 124 cm³/mol. The third kappa shape index (κ3) is 7.92. The second-order valence-electron chi connectivity index (χ2n) is 9.35. The first-order chi connectivity index (χ1) is 14.3. The topological polar surface area (TPSA) is 50.8 Å². The van der Waals surface area contributed by atoms with Gasteiger partial charge in [0.1, 0.15) is 11.4 Å². The molecule has 1 amide bonds. The van der Waals surface area contributed by atoms with Gasteiger partial charge in [0.15, 0.2) is 0 Å². The fourth-order valence-corrected chi connectivity index (χ4v) is 4.41. The molecule has 0 spiro atoms. The smallest absolute Gasteiger partial charge is 0.256 e. The molecule has 5 nitrogen and oxygen atoms in total. The summed E-state index contributed by atoms with van der Waals surface area (Å²) in [5.41, 5.74) is -0.0111. The minimum Gasteiger partial charge on any atom is -0.494 e. The van der Waals surface area contributed by atoms with Crippen molar-refractivity contribution in [3.8, 4) is 5.75 Å². The Morgan fingerprint density at radius 2 is 1.67 bits per heavy atom. The molecular formula is C25H42N2O3. The maximum absolute atomic E-state index is 13.2. The van der Waals surface area contributed by atoms with Gasteiger partial charge in [0.2, 0.25) is 0 Å². The minimum absolute atomic E-state index is 0.0500. The van der Waals surface area contributed by atoms with Crippen LogP contribution in [0.5, 0.6) is 5.75 Å². The zero-order valence-electron chi connectivity index (χ0n) is 19.7. The highest BCUT2D eigenvalue weighted by atomic mass is 16.5. The maximum Gasteiger partial charge on any atom is 0.256 e. The van der Waals surface area contributed by atoms with Gasteiger partial charge in [0.05, 0.1) is 6.61 Å². The molecule has 0 atom stereocenters. The van der Waals surface area contributed by atoms with Crippen LogP contribution in [0.25, 0.3) is 0 Å². The average molecular weight is 419 g/mol. The SMILES string of the molecule is CCOC(CC(C)C)(CC(C)C)C(=O)Nc1ccc(OCCCN2CCCC2)cc1. The fourth-order valence-electron chi connectivity index (χ4n) is 4.41. The number of hydrogen-bond donors (Lipinski definition) is 1. The lowest BCUT2D eigenvalue weighted by Gasteiger charge is -2.35. The monoisotopic (exact) mass is 418 g/mol. The lowest BCUT2D eigenvalue weighted by atomic mass is 9.83. The van der Waals surface area contributed by atoms with Gasteiger partial charge in [-0.2, -0.15) is 0 Å². The van der Waals surface area contributed by atoms with Gasteiger partial charge in [-0.05, 0) is 88.2 Å². The third-order valence-corrected chi connectivity index (χ3v) is 5.51. The number of nitrogens with zero attached hydrogens (tertiary/aromatic N) is 1. The number of benzene rings is 1. The highest BCUT2D eigenvalue weighted by molar-refractivity contribution is 5.97. The van der Waals surface area contributed by atoms with Crippen molar-refractivity contribution in [1.29, 1.82) is 0 Å². The lowest BCUT2D eigenvalue weighted by Crippen LogP contribution is -2.47. The number of carbonyl (C=O) groups is 1. The van der Waals surface area contributed by atoms with Crippen LogP contribution < -0.4 is 10.1 Å².